The van der Waals surface area contributed by atoms with Crippen LogP contribution in [0, 0.1) is 6.92 Å². The minimum atomic E-state index is 0. The van der Waals surface area contributed by atoms with Gasteiger partial charge >= 0.3 is 0 Å². The molecule has 0 aromatic heterocycles. The summed E-state index contributed by atoms with van der Waals surface area (Å²) in [4.78, 5) is 4.55. The molecule has 0 saturated carbocycles. The van der Waals surface area contributed by atoms with Crippen LogP contribution in [0.3, 0.4) is 0 Å². The molecule has 0 aliphatic heterocycles. The molecular formula is C14H24IN3. The van der Waals surface area contributed by atoms with Gasteiger partial charge in [0.15, 0.2) is 5.96 Å². The van der Waals surface area contributed by atoms with Crippen molar-refractivity contribution >= 4 is 29.9 Å². The van der Waals surface area contributed by atoms with Crippen molar-refractivity contribution in [2.45, 2.75) is 40.3 Å². The Morgan fingerprint density at radius 1 is 1.22 bits per heavy atom. The van der Waals surface area contributed by atoms with Crippen LogP contribution in [0.1, 0.15) is 31.9 Å². The van der Waals surface area contributed by atoms with Crippen LogP contribution in [0.2, 0.25) is 0 Å². The van der Waals surface area contributed by atoms with Gasteiger partial charge in [0.1, 0.15) is 0 Å². The molecule has 0 saturated heterocycles. The average Bonchev–Trinajstić information content (AvgIpc) is 2.27. The number of aliphatic imine (C=N–C) groups is 1. The molecule has 0 aliphatic rings. The van der Waals surface area contributed by atoms with Gasteiger partial charge in [-0.1, -0.05) is 29.8 Å². The molecule has 1 aromatic rings. The van der Waals surface area contributed by atoms with Crippen molar-refractivity contribution in [3.63, 3.8) is 0 Å². The van der Waals surface area contributed by atoms with Crippen molar-refractivity contribution in [1.82, 2.24) is 10.6 Å². The topological polar surface area (TPSA) is 36.4 Å². The first-order valence-corrected chi connectivity index (χ1v) is 6.22. The second-order valence-corrected chi connectivity index (χ2v) is 4.48. The van der Waals surface area contributed by atoms with Crippen LogP contribution in [0.5, 0.6) is 0 Å². The summed E-state index contributed by atoms with van der Waals surface area (Å²) in [5, 5.41) is 6.54. The summed E-state index contributed by atoms with van der Waals surface area (Å²) in [6, 6.07) is 8.88. The third kappa shape index (κ3) is 6.83. The molecular weight excluding hydrogens is 337 g/mol. The molecule has 1 rings (SSSR count). The minimum Gasteiger partial charge on any atom is -0.357 e. The maximum absolute atomic E-state index is 4.55. The molecule has 2 N–H and O–H groups in total. The summed E-state index contributed by atoms with van der Waals surface area (Å²) >= 11 is 0. The van der Waals surface area contributed by atoms with E-state index < -0.39 is 0 Å². The zero-order valence-corrected chi connectivity index (χ0v) is 14.0. The Balaban J connectivity index is 0.00000289. The summed E-state index contributed by atoms with van der Waals surface area (Å²) < 4.78 is 0. The van der Waals surface area contributed by atoms with Gasteiger partial charge in [-0.25, -0.2) is 4.99 Å². The molecule has 0 radical (unpaired) electrons. The maximum Gasteiger partial charge on any atom is 0.191 e. The normalized spacial score (nSPS) is 11.1. The standard InChI is InChI=1S/C14H23N3.HI/c1-5-15-14(17-11(2)3)16-10-13-8-6-12(4)7-9-13;/h6-9,11H,5,10H2,1-4H3,(H2,15,16,17);1H. The van der Waals surface area contributed by atoms with Crippen molar-refractivity contribution in [3.05, 3.63) is 35.4 Å². The van der Waals surface area contributed by atoms with E-state index in [4.69, 9.17) is 0 Å². The molecule has 3 nitrogen and oxygen atoms in total. The highest BCUT2D eigenvalue weighted by Gasteiger charge is 1.99. The Hall–Kier alpha value is -0.780. The summed E-state index contributed by atoms with van der Waals surface area (Å²) in [6.07, 6.45) is 0. The van der Waals surface area contributed by atoms with Crippen LogP contribution in [0.15, 0.2) is 29.3 Å². The Morgan fingerprint density at radius 2 is 1.83 bits per heavy atom. The van der Waals surface area contributed by atoms with Crippen molar-refractivity contribution < 1.29 is 0 Å². The zero-order valence-electron chi connectivity index (χ0n) is 11.7. The summed E-state index contributed by atoms with van der Waals surface area (Å²) in [5.74, 6) is 0.878. The Morgan fingerprint density at radius 3 is 2.33 bits per heavy atom. The van der Waals surface area contributed by atoms with Crippen LogP contribution in [0.4, 0.5) is 0 Å². The van der Waals surface area contributed by atoms with E-state index in [9.17, 15) is 0 Å². The van der Waals surface area contributed by atoms with Crippen molar-refractivity contribution in [1.29, 1.82) is 0 Å². The van der Waals surface area contributed by atoms with Gasteiger partial charge in [0.25, 0.3) is 0 Å². The first-order chi connectivity index (χ1) is 8.11. The fourth-order valence-electron chi connectivity index (χ4n) is 1.46. The Bertz CT molecular complexity index is 358. The molecule has 0 unspecified atom stereocenters. The highest BCUT2D eigenvalue weighted by Crippen LogP contribution is 2.04. The van der Waals surface area contributed by atoms with Gasteiger partial charge in [-0.05, 0) is 33.3 Å². The van der Waals surface area contributed by atoms with Crippen molar-refractivity contribution in [2.24, 2.45) is 4.99 Å². The molecule has 1 aromatic carbocycles. The molecule has 0 amide bonds. The lowest BCUT2D eigenvalue weighted by Gasteiger charge is -2.13. The first kappa shape index (κ1) is 17.2. The Labute approximate surface area is 127 Å². The molecule has 0 atom stereocenters. The van der Waals surface area contributed by atoms with E-state index in [2.05, 4.69) is 67.6 Å². The summed E-state index contributed by atoms with van der Waals surface area (Å²) in [6.45, 7) is 9.98. The molecule has 0 bridgehead atoms. The molecule has 18 heavy (non-hydrogen) atoms. The smallest absolute Gasteiger partial charge is 0.191 e. The maximum atomic E-state index is 4.55. The highest BCUT2D eigenvalue weighted by molar-refractivity contribution is 14.0. The predicted molar refractivity (Wildman–Crippen MR) is 89.7 cm³/mol. The largest absolute Gasteiger partial charge is 0.357 e. The Kier molecular flexibility index (Phi) is 8.79. The number of hydrogen-bond acceptors (Lipinski definition) is 1. The van der Waals surface area contributed by atoms with E-state index in [-0.39, 0.29) is 24.0 Å². The van der Waals surface area contributed by atoms with Gasteiger partial charge in [0, 0.05) is 12.6 Å². The minimum absolute atomic E-state index is 0. The van der Waals surface area contributed by atoms with Gasteiger partial charge < -0.3 is 10.6 Å². The van der Waals surface area contributed by atoms with E-state index in [1.54, 1.807) is 0 Å². The van der Waals surface area contributed by atoms with Crippen LogP contribution in [0.25, 0.3) is 0 Å². The zero-order chi connectivity index (χ0) is 12.7. The number of aryl methyl sites for hydroxylation is 1. The molecule has 0 fully saturated rings. The second kappa shape index (κ2) is 9.19. The van der Waals surface area contributed by atoms with Crippen molar-refractivity contribution in [3.8, 4) is 0 Å². The van der Waals surface area contributed by atoms with Gasteiger partial charge in [0.05, 0.1) is 6.54 Å². The molecule has 0 heterocycles. The number of nitrogens with one attached hydrogen (secondary N) is 2. The number of hydrogen-bond donors (Lipinski definition) is 2. The first-order valence-electron chi connectivity index (χ1n) is 6.22. The number of halogens is 1. The van der Waals surface area contributed by atoms with Crippen LogP contribution in [-0.2, 0) is 6.54 Å². The number of rotatable bonds is 4. The number of benzene rings is 1. The van der Waals surface area contributed by atoms with E-state index in [1.807, 2.05) is 0 Å². The van der Waals surface area contributed by atoms with Gasteiger partial charge in [-0.3, -0.25) is 0 Å². The highest BCUT2D eigenvalue weighted by atomic mass is 127. The predicted octanol–water partition coefficient (Wildman–Crippen LogP) is 3.08. The molecule has 102 valence electrons. The summed E-state index contributed by atoms with van der Waals surface area (Å²) in [7, 11) is 0. The van der Waals surface area contributed by atoms with E-state index in [0.29, 0.717) is 12.6 Å². The van der Waals surface area contributed by atoms with E-state index in [1.165, 1.54) is 11.1 Å². The third-order valence-corrected chi connectivity index (χ3v) is 2.31. The SMILES string of the molecule is CCNC(=NCc1ccc(C)cc1)NC(C)C.I. The lowest BCUT2D eigenvalue weighted by atomic mass is 10.1. The van der Waals surface area contributed by atoms with E-state index in [0.717, 1.165) is 12.5 Å². The molecule has 4 heteroatoms. The second-order valence-electron chi connectivity index (χ2n) is 4.48. The third-order valence-electron chi connectivity index (χ3n) is 2.31. The lowest BCUT2D eigenvalue weighted by Crippen LogP contribution is -2.40. The van der Waals surface area contributed by atoms with Gasteiger partial charge in [0.2, 0.25) is 0 Å². The van der Waals surface area contributed by atoms with Crippen LogP contribution >= 0.6 is 24.0 Å². The number of nitrogens with zero attached hydrogens (tertiary/aromatic N) is 1. The average molecular weight is 361 g/mol. The molecule has 0 aliphatic carbocycles. The fraction of sp³-hybridized carbons (Fsp3) is 0.500. The fourth-order valence-corrected chi connectivity index (χ4v) is 1.46. The lowest BCUT2D eigenvalue weighted by molar-refractivity contribution is 0.700. The summed E-state index contributed by atoms with van der Waals surface area (Å²) in [5.41, 5.74) is 2.52. The monoisotopic (exact) mass is 361 g/mol. The van der Waals surface area contributed by atoms with E-state index >= 15 is 0 Å². The van der Waals surface area contributed by atoms with Gasteiger partial charge in [-0.15, -0.1) is 24.0 Å². The van der Waals surface area contributed by atoms with Crippen molar-refractivity contribution in [2.75, 3.05) is 6.54 Å². The number of guanidine groups is 1. The van der Waals surface area contributed by atoms with Crippen LogP contribution < -0.4 is 10.6 Å². The van der Waals surface area contributed by atoms with Gasteiger partial charge in [-0.2, -0.15) is 0 Å². The van der Waals surface area contributed by atoms with Crippen LogP contribution in [-0.4, -0.2) is 18.5 Å². The molecule has 0 spiro atoms. The quantitative estimate of drug-likeness (QED) is 0.491.